The van der Waals surface area contributed by atoms with Crippen LogP contribution < -0.4 is 9.47 Å². The van der Waals surface area contributed by atoms with E-state index in [-0.39, 0.29) is 24.2 Å². The number of aliphatic carboxylic acids is 1. The molecule has 222 valence electrons. The number of carboxylic acids is 1. The lowest BCUT2D eigenvalue weighted by molar-refractivity contribution is -0.153. The van der Waals surface area contributed by atoms with E-state index in [1.165, 1.54) is 25.1 Å². The third kappa shape index (κ3) is 7.15. The maximum Gasteiger partial charge on any atom is 0.348 e. The SMILES string of the molecule is CN1C(=O)N(Cc2ccc(-c3ccccc3)cc2)CC1CCOc1ccc(CC(C)(Oc2ccccc2F)C(=O)O)cc1. The molecule has 0 spiro atoms. The molecule has 8 heteroatoms. The lowest BCUT2D eigenvalue weighted by atomic mass is 9.96. The number of ether oxygens (including phenoxy) is 2. The molecular formula is C35H35FN2O5. The van der Waals surface area contributed by atoms with Crippen molar-refractivity contribution in [1.82, 2.24) is 9.80 Å². The number of benzene rings is 4. The lowest BCUT2D eigenvalue weighted by Crippen LogP contribution is -2.43. The van der Waals surface area contributed by atoms with Crippen LogP contribution >= 0.6 is 0 Å². The smallest absolute Gasteiger partial charge is 0.348 e. The maximum absolute atomic E-state index is 14.1. The molecule has 1 fully saturated rings. The number of carbonyl (C=O) groups excluding carboxylic acids is 1. The van der Waals surface area contributed by atoms with Gasteiger partial charge in [0.25, 0.3) is 0 Å². The summed E-state index contributed by atoms with van der Waals surface area (Å²) in [4.78, 5) is 28.6. The Labute approximate surface area is 251 Å². The van der Waals surface area contributed by atoms with Crippen molar-refractivity contribution >= 4 is 12.0 Å². The fraction of sp³-hybridized carbons (Fsp3) is 0.257. The van der Waals surface area contributed by atoms with Crippen molar-refractivity contribution in [2.75, 3.05) is 20.2 Å². The molecule has 2 unspecified atom stereocenters. The topological polar surface area (TPSA) is 79.3 Å². The molecular weight excluding hydrogens is 547 g/mol. The van der Waals surface area contributed by atoms with Crippen LogP contribution in [0.5, 0.6) is 11.5 Å². The van der Waals surface area contributed by atoms with Crippen molar-refractivity contribution in [3.8, 4) is 22.6 Å². The van der Waals surface area contributed by atoms with Crippen LogP contribution in [0.25, 0.3) is 11.1 Å². The van der Waals surface area contributed by atoms with E-state index in [1.54, 1.807) is 35.2 Å². The molecule has 1 aliphatic rings. The fourth-order valence-electron chi connectivity index (χ4n) is 5.24. The molecule has 1 heterocycles. The second-order valence-corrected chi connectivity index (χ2v) is 11.0. The third-order valence-electron chi connectivity index (χ3n) is 7.79. The Morgan fingerprint density at radius 2 is 1.53 bits per heavy atom. The van der Waals surface area contributed by atoms with Crippen LogP contribution in [0.15, 0.2) is 103 Å². The Bertz CT molecular complexity index is 1550. The maximum atomic E-state index is 14.1. The molecule has 1 saturated heterocycles. The summed E-state index contributed by atoms with van der Waals surface area (Å²) in [6.07, 6.45) is 0.706. The molecule has 0 radical (unpaired) electrons. The molecule has 5 rings (SSSR count). The molecule has 2 atom stereocenters. The molecule has 0 saturated carbocycles. The monoisotopic (exact) mass is 582 g/mol. The average Bonchev–Trinajstić information content (AvgIpc) is 3.27. The van der Waals surface area contributed by atoms with E-state index in [0.717, 1.165) is 16.7 Å². The highest BCUT2D eigenvalue weighted by Gasteiger charge is 2.37. The van der Waals surface area contributed by atoms with Gasteiger partial charge in [-0.15, -0.1) is 0 Å². The molecule has 2 amide bonds. The molecule has 4 aromatic rings. The summed E-state index contributed by atoms with van der Waals surface area (Å²) in [7, 11) is 1.82. The first-order chi connectivity index (χ1) is 20.7. The van der Waals surface area contributed by atoms with Gasteiger partial charge in [-0.05, 0) is 53.4 Å². The number of hydrogen-bond acceptors (Lipinski definition) is 4. The van der Waals surface area contributed by atoms with Gasteiger partial charge in [-0.3, -0.25) is 0 Å². The van der Waals surface area contributed by atoms with E-state index in [1.807, 2.05) is 30.1 Å². The van der Waals surface area contributed by atoms with E-state index in [2.05, 4.69) is 36.4 Å². The predicted octanol–water partition coefficient (Wildman–Crippen LogP) is 6.66. The zero-order valence-electron chi connectivity index (χ0n) is 24.3. The second-order valence-electron chi connectivity index (χ2n) is 11.0. The number of carboxylic acid groups (broad SMARTS) is 1. The van der Waals surface area contributed by atoms with Gasteiger partial charge in [-0.2, -0.15) is 0 Å². The Balaban J connectivity index is 1.11. The van der Waals surface area contributed by atoms with Gasteiger partial charge >= 0.3 is 12.0 Å². The minimum atomic E-state index is -1.65. The molecule has 43 heavy (non-hydrogen) atoms. The molecule has 0 aliphatic carbocycles. The van der Waals surface area contributed by atoms with Gasteiger partial charge in [0, 0.05) is 33.0 Å². The van der Waals surface area contributed by atoms with E-state index in [4.69, 9.17) is 9.47 Å². The summed E-state index contributed by atoms with van der Waals surface area (Å²) in [5.41, 5.74) is 2.44. The standard InChI is InChI=1S/C35H35FN2O5/c1-35(33(39)40,43-32-11-7-6-10-31(32)36)22-25-14-18-30(19-15-25)42-21-20-29-24-38(34(41)37(29)2)23-26-12-16-28(17-13-26)27-8-4-3-5-9-27/h3-19,29H,20-24H2,1-2H3,(H,39,40). The average molecular weight is 583 g/mol. The quantitative estimate of drug-likeness (QED) is 0.202. The predicted molar refractivity (Wildman–Crippen MR) is 163 cm³/mol. The molecule has 0 bridgehead atoms. The van der Waals surface area contributed by atoms with Gasteiger partial charge in [0.05, 0.1) is 12.6 Å². The normalized spacial score (nSPS) is 16.2. The number of rotatable bonds is 12. The minimum absolute atomic E-state index is 0.000529. The van der Waals surface area contributed by atoms with Crippen molar-refractivity contribution < 1.29 is 28.6 Å². The van der Waals surface area contributed by atoms with Gasteiger partial charge in [0.15, 0.2) is 11.6 Å². The Kier molecular flexibility index (Phi) is 8.95. The fourth-order valence-corrected chi connectivity index (χ4v) is 5.24. The van der Waals surface area contributed by atoms with Gasteiger partial charge in [0.2, 0.25) is 5.60 Å². The Hall–Kier alpha value is -4.85. The highest BCUT2D eigenvalue weighted by atomic mass is 19.1. The van der Waals surface area contributed by atoms with Crippen LogP contribution in [-0.4, -0.2) is 58.7 Å². The number of amides is 2. The van der Waals surface area contributed by atoms with E-state index in [0.29, 0.717) is 37.4 Å². The first-order valence-corrected chi connectivity index (χ1v) is 14.3. The number of urea groups is 1. The number of hydrogen-bond donors (Lipinski definition) is 1. The molecule has 4 aromatic carbocycles. The van der Waals surface area contributed by atoms with Crippen molar-refractivity contribution in [2.24, 2.45) is 0 Å². The summed E-state index contributed by atoms with van der Waals surface area (Å²) < 4.78 is 25.6. The van der Waals surface area contributed by atoms with Crippen LogP contribution in [0.3, 0.4) is 0 Å². The van der Waals surface area contributed by atoms with Crippen LogP contribution in [0.4, 0.5) is 9.18 Å². The van der Waals surface area contributed by atoms with Gasteiger partial charge in [-0.25, -0.2) is 14.0 Å². The summed E-state index contributed by atoms with van der Waals surface area (Å²) in [5, 5.41) is 9.81. The van der Waals surface area contributed by atoms with Crippen molar-refractivity contribution in [3.63, 3.8) is 0 Å². The van der Waals surface area contributed by atoms with E-state index >= 15 is 0 Å². The summed E-state index contributed by atoms with van der Waals surface area (Å²) in [6, 6.07) is 31.4. The number of likely N-dealkylation sites (N-methyl/N-ethyl adjacent to an activating group) is 1. The molecule has 1 N–H and O–H groups in total. The van der Waals surface area contributed by atoms with Crippen molar-refractivity contribution in [2.45, 2.75) is 38.0 Å². The minimum Gasteiger partial charge on any atom is -0.494 e. The lowest BCUT2D eigenvalue weighted by Gasteiger charge is -2.26. The largest absolute Gasteiger partial charge is 0.494 e. The molecule has 7 nitrogen and oxygen atoms in total. The van der Waals surface area contributed by atoms with Crippen LogP contribution in [0.2, 0.25) is 0 Å². The zero-order valence-corrected chi connectivity index (χ0v) is 24.3. The van der Waals surface area contributed by atoms with Crippen LogP contribution in [0.1, 0.15) is 24.5 Å². The number of halogens is 1. The zero-order chi connectivity index (χ0) is 30.4. The number of para-hydroxylation sites is 1. The van der Waals surface area contributed by atoms with Crippen LogP contribution in [-0.2, 0) is 17.8 Å². The van der Waals surface area contributed by atoms with Gasteiger partial charge in [-0.1, -0.05) is 78.9 Å². The summed E-state index contributed by atoms with van der Waals surface area (Å²) >= 11 is 0. The Morgan fingerprint density at radius 1 is 0.907 bits per heavy atom. The summed E-state index contributed by atoms with van der Waals surface area (Å²) in [6.45, 7) is 3.01. The van der Waals surface area contributed by atoms with Crippen molar-refractivity contribution in [3.05, 3.63) is 120 Å². The second kappa shape index (κ2) is 13.0. The van der Waals surface area contributed by atoms with Crippen molar-refractivity contribution in [1.29, 1.82) is 0 Å². The number of carbonyl (C=O) groups is 2. The highest BCUT2D eigenvalue weighted by molar-refractivity contribution is 5.78. The third-order valence-corrected chi connectivity index (χ3v) is 7.79. The highest BCUT2D eigenvalue weighted by Crippen LogP contribution is 2.27. The first-order valence-electron chi connectivity index (χ1n) is 14.3. The van der Waals surface area contributed by atoms with Gasteiger partial charge < -0.3 is 24.4 Å². The number of nitrogens with zero attached hydrogens (tertiary/aromatic N) is 2. The summed E-state index contributed by atoms with van der Waals surface area (Å²) in [5.74, 6) is -1.28. The van der Waals surface area contributed by atoms with Gasteiger partial charge in [0.1, 0.15) is 5.75 Å². The van der Waals surface area contributed by atoms with Crippen LogP contribution in [0, 0.1) is 5.82 Å². The van der Waals surface area contributed by atoms with E-state index in [9.17, 15) is 19.1 Å². The Morgan fingerprint density at radius 3 is 2.21 bits per heavy atom. The molecule has 0 aromatic heterocycles. The van der Waals surface area contributed by atoms with E-state index < -0.39 is 17.4 Å². The first kappa shape index (κ1) is 29.6. The molecule has 1 aliphatic heterocycles.